The SMILES string of the molecule is CCCC[C@H]1[C@H](C)C/C=C/[C@H](C)[C@@H]2CC[C@H]2CN2CCCCc3cc(Cl)ccc3COc3ccc(cc32)C(=O)NS1(=O)=O. The molecule has 2 bridgehead atoms. The number of hydrogen-bond acceptors (Lipinski definition) is 5. The summed E-state index contributed by atoms with van der Waals surface area (Å²) in [4.78, 5) is 15.9. The fraction of sp³-hybridized carbons (Fsp3) is 0.571. The van der Waals surface area contributed by atoms with Crippen LogP contribution in [0.5, 0.6) is 5.75 Å². The highest BCUT2D eigenvalue weighted by Crippen LogP contribution is 2.43. The Kier molecular flexibility index (Phi) is 10.4. The van der Waals surface area contributed by atoms with Crippen LogP contribution in [0.4, 0.5) is 5.69 Å². The van der Waals surface area contributed by atoms with E-state index in [9.17, 15) is 13.2 Å². The van der Waals surface area contributed by atoms with Crippen LogP contribution in [0.15, 0.2) is 48.6 Å². The highest BCUT2D eigenvalue weighted by atomic mass is 35.5. The molecule has 6 nitrogen and oxygen atoms in total. The fourth-order valence-electron chi connectivity index (χ4n) is 7.09. The Morgan fingerprint density at radius 2 is 1.91 bits per heavy atom. The van der Waals surface area contributed by atoms with Gasteiger partial charge in [0.25, 0.3) is 5.91 Å². The van der Waals surface area contributed by atoms with Gasteiger partial charge in [-0.1, -0.05) is 63.4 Å². The van der Waals surface area contributed by atoms with Crippen LogP contribution in [0.1, 0.15) is 93.6 Å². The number of hydrogen-bond donors (Lipinski definition) is 1. The third-order valence-corrected chi connectivity index (χ3v) is 12.1. The number of benzene rings is 2. The van der Waals surface area contributed by atoms with Crippen LogP contribution < -0.4 is 14.4 Å². The quantitative estimate of drug-likeness (QED) is 0.350. The van der Waals surface area contributed by atoms with Crippen molar-refractivity contribution in [2.75, 3.05) is 18.0 Å². The highest BCUT2D eigenvalue weighted by Gasteiger charge is 2.36. The van der Waals surface area contributed by atoms with Gasteiger partial charge >= 0.3 is 0 Å². The second kappa shape index (κ2) is 14.1. The number of fused-ring (bicyclic) bond motifs is 3. The van der Waals surface area contributed by atoms with E-state index in [4.69, 9.17) is 16.3 Å². The summed E-state index contributed by atoms with van der Waals surface area (Å²) in [5.74, 6) is 1.59. The summed E-state index contributed by atoms with van der Waals surface area (Å²) in [6, 6.07) is 11.3. The molecule has 1 aliphatic carbocycles. The molecule has 2 aliphatic heterocycles. The molecule has 234 valence electrons. The van der Waals surface area contributed by atoms with E-state index in [1.807, 2.05) is 37.3 Å². The number of amides is 1. The van der Waals surface area contributed by atoms with Gasteiger partial charge in [0.05, 0.1) is 10.9 Å². The fourth-order valence-corrected chi connectivity index (χ4v) is 9.02. The maximum atomic E-state index is 13.6. The van der Waals surface area contributed by atoms with Gasteiger partial charge in [-0.05, 0) is 110 Å². The van der Waals surface area contributed by atoms with Crippen LogP contribution >= 0.6 is 11.6 Å². The van der Waals surface area contributed by atoms with E-state index >= 15 is 0 Å². The lowest BCUT2D eigenvalue weighted by Gasteiger charge is -2.43. The van der Waals surface area contributed by atoms with Crippen LogP contribution in [0.3, 0.4) is 0 Å². The van der Waals surface area contributed by atoms with Crippen molar-refractivity contribution >= 4 is 33.2 Å². The third kappa shape index (κ3) is 7.59. The van der Waals surface area contributed by atoms with Crippen LogP contribution in [-0.4, -0.2) is 32.7 Å². The van der Waals surface area contributed by atoms with Crippen molar-refractivity contribution in [2.45, 2.75) is 90.4 Å². The summed E-state index contributed by atoms with van der Waals surface area (Å²) >= 11 is 6.34. The monoisotopic (exact) mass is 626 g/mol. The number of carbonyl (C=O) groups excluding carboxylic acids is 1. The maximum Gasteiger partial charge on any atom is 0.264 e. The van der Waals surface area contributed by atoms with E-state index < -0.39 is 21.2 Å². The third-order valence-electron chi connectivity index (χ3n) is 9.90. The Morgan fingerprint density at radius 3 is 2.67 bits per heavy atom. The average molecular weight is 627 g/mol. The van der Waals surface area contributed by atoms with E-state index in [1.54, 1.807) is 6.07 Å². The van der Waals surface area contributed by atoms with Gasteiger partial charge < -0.3 is 9.64 Å². The summed E-state index contributed by atoms with van der Waals surface area (Å²) in [5.41, 5.74) is 3.52. The van der Waals surface area contributed by atoms with Crippen LogP contribution in [0.25, 0.3) is 0 Å². The largest absolute Gasteiger partial charge is 0.487 e. The number of nitrogens with zero attached hydrogens (tertiary/aromatic N) is 1. The predicted octanol–water partition coefficient (Wildman–Crippen LogP) is 7.94. The molecule has 2 aromatic carbocycles. The van der Waals surface area contributed by atoms with E-state index in [0.717, 1.165) is 61.5 Å². The highest BCUT2D eigenvalue weighted by molar-refractivity contribution is 7.90. The molecular formula is C35H47ClN2O4S. The minimum Gasteiger partial charge on any atom is -0.487 e. The first-order valence-electron chi connectivity index (χ1n) is 16.2. The molecule has 3 aliphatic rings. The lowest BCUT2D eigenvalue weighted by atomic mass is 9.67. The number of unbranched alkanes of at least 4 members (excludes halogenated alkanes) is 1. The van der Waals surface area contributed by atoms with E-state index in [2.05, 4.69) is 35.6 Å². The average Bonchev–Trinajstić information content (AvgIpc) is 2.97. The molecule has 5 rings (SSSR count). The Bertz CT molecular complexity index is 1420. The second-order valence-corrected chi connectivity index (χ2v) is 15.3. The molecular weight excluding hydrogens is 580 g/mol. The molecule has 0 aromatic heterocycles. The van der Waals surface area contributed by atoms with E-state index in [1.165, 1.54) is 18.4 Å². The molecule has 5 atom stereocenters. The Hall–Kier alpha value is -2.51. The van der Waals surface area contributed by atoms with Gasteiger partial charge in [-0.15, -0.1) is 0 Å². The minimum atomic E-state index is -3.88. The molecule has 0 unspecified atom stereocenters. The van der Waals surface area contributed by atoms with Crippen molar-refractivity contribution in [2.24, 2.45) is 23.7 Å². The normalized spacial score (nSPS) is 28.6. The maximum absolute atomic E-state index is 13.6. The standard InChI is InChI=1S/C35H47ClN2O4S/c1-4-5-12-34-25(3)10-8-9-24(2)31-17-14-28(31)22-38-19-7-6-11-26-20-30(36)16-13-29(26)23-42-33-18-15-27(21-32(33)38)35(39)37-43(34,40)41/h8-9,13,15-16,18,20-21,24-25,28,31,34H,4-7,10-12,14,17,19,22-23H2,1-3H3,(H,37,39)/b9-8+/t24-,25+,28-,31-,34-/m0/s1. The molecule has 2 aromatic rings. The number of sulfonamides is 1. The topological polar surface area (TPSA) is 75.7 Å². The van der Waals surface area contributed by atoms with Gasteiger partial charge in [0.15, 0.2) is 0 Å². The smallest absolute Gasteiger partial charge is 0.264 e. The van der Waals surface area contributed by atoms with Gasteiger partial charge in [-0.3, -0.25) is 4.79 Å². The van der Waals surface area contributed by atoms with Crippen molar-refractivity contribution in [1.29, 1.82) is 0 Å². The van der Waals surface area contributed by atoms with Gasteiger partial charge in [0.1, 0.15) is 12.4 Å². The van der Waals surface area contributed by atoms with Crippen molar-refractivity contribution in [3.8, 4) is 5.75 Å². The van der Waals surface area contributed by atoms with Crippen molar-refractivity contribution in [1.82, 2.24) is 4.72 Å². The minimum absolute atomic E-state index is 0.0977. The zero-order valence-corrected chi connectivity index (χ0v) is 27.4. The molecule has 1 fully saturated rings. The first kappa shape index (κ1) is 31.9. The van der Waals surface area contributed by atoms with Crippen molar-refractivity contribution in [3.05, 3.63) is 70.3 Å². The molecule has 0 saturated heterocycles. The van der Waals surface area contributed by atoms with Crippen molar-refractivity contribution in [3.63, 3.8) is 0 Å². The summed E-state index contributed by atoms with van der Waals surface area (Å²) in [6.45, 7) is 8.48. The molecule has 8 heteroatoms. The first-order valence-corrected chi connectivity index (χ1v) is 18.1. The summed E-state index contributed by atoms with van der Waals surface area (Å²) in [7, 11) is -3.88. The summed E-state index contributed by atoms with van der Waals surface area (Å²) in [5, 5.41) is 0.102. The zero-order valence-electron chi connectivity index (χ0n) is 25.9. The van der Waals surface area contributed by atoms with Gasteiger partial charge in [0.2, 0.25) is 10.0 Å². The van der Waals surface area contributed by atoms with Crippen LogP contribution in [-0.2, 0) is 23.1 Å². The summed E-state index contributed by atoms with van der Waals surface area (Å²) < 4.78 is 36.2. The Labute approximate surface area is 263 Å². The lowest BCUT2D eigenvalue weighted by molar-refractivity contribution is 0.0980. The van der Waals surface area contributed by atoms with Crippen molar-refractivity contribution < 1.29 is 17.9 Å². The molecule has 0 radical (unpaired) electrons. The zero-order chi connectivity index (χ0) is 30.6. The number of allylic oxidation sites excluding steroid dienone is 2. The second-order valence-electron chi connectivity index (χ2n) is 12.9. The number of aryl methyl sites for hydroxylation is 1. The number of carbonyl (C=O) groups is 1. The number of rotatable bonds is 3. The molecule has 43 heavy (non-hydrogen) atoms. The molecule has 1 amide bonds. The van der Waals surface area contributed by atoms with Gasteiger partial charge in [0, 0.05) is 23.7 Å². The number of ether oxygens (including phenoxy) is 1. The van der Waals surface area contributed by atoms with E-state index in [-0.39, 0.29) is 5.92 Å². The Morgan fingerprint density at radius 1 is 1.07 bits per heavy atom. The Balaban J connectivity index is 1.53. The number of nitrogens with one attached hydrogen (secondary N) is 1. The molecule has 2 heterocycles. The molecule has 1 N–H and O–H groups in total. The lowest BCUT2D eigenvalue weighted by Crippen LogP contribution is -2.42. The molecule has 1 saturated carbocycles. The first-order chi connectivity index (χ1) is 20.7. The number of halogens is 1. The van der Waals surface area contributed by atoms with Crippen LogP contribution in [0.2, 0.25) is 5.02 Å². The molecule has 0 spiro atoms. The summed E-state index contributed by atoms with van der Waals surface area (Å²) in [6.07, 6.45) is 12.7. The van der Waals surface area contributed by atoms with E-state index in [0.29, 0.717) is 48.5 Å². The van der Waals surface area contributed by atoms with Gasteiger partial charge in [-0.2, -0.15) is 0 Å². The van der Waals surface area contributed by atoms with Crippen LogP contribution in [0, 0.1) is 23.7 Å². The van der Waals surface area contributed by atoms with Gasteiger partial charge in [-0.25, -0.2) is 13.1 Å². The predicted molar refractivity (Wildman–Crippen MR) is 175 cm³/mol. The number of anilines is 1.